The molecule has 1 aliphatic rings. The van der Waals surface area contributed by atoms with Crippen molar-refractivity contribution >= 4 is 46.4 Å². The number of benzene rings is 3. The zero-order valence-electron chi connectivity index (χ0n) is 15.4. The Kier molecular flexibility index (Phi) is 5.51. The first-order valence-corrected chi connectivity index (χ1v) is 10.3. The summed E-state index contributed by atoms with van der Waals surface area (Å²) in [6.07, 6.45) is 0.743. The van der Waals surface area contributed by atoms with E-state index in [-0.39, 0.29) is 11.2 Å². The van der Waals surface area contributed by atoms with Crippen LogP contribution in [0.2, 0.25) is 5.02 Å². The summed E-state index contributed by atoms with van der Waals surface area (Å²) in [4.78, 5) is 17.5. The van der Waals surface area contributed by atoms with Gasteiger partial charge in [-0.2, -0.15) is 0 Å². The normalized spacial score (nSPS) is 15.9. The number of aliphatic imine (C=N–C) groups is 1. The molecular weight excluding hydrogens is 388 g/mol. The average Bonchev–Trinajstić information content (AvgIpc) is 2.88. The van der Waals surface area contributed by atoms with Gasteiger partial charge in [-0.25, -0.2) is 0 Å². The molecule has 1 aliphatic heterocycles. The highest BCUT2D eigenvalue weighted by atomic mass is 35.5. The van der Waals surface area contributed by atoms with Crippen LogP contribution in [0.3, 0.4) is 0 Å². The summed E-state index contributed by atoms with van der Waals surface area (Å²) < 4.78 is 0. The van der Waals surface area contributed by atoms with Gasteiger partial charge in [-0.1, -0.05) is 54.1 Å². The van der Waals surface area contributed by atoms with Crippen molar-refractivity contribution in [3.63, 3.8) is 0 Å². The van der Waals surface area contributed by atoms with Gasteiger partial charge in [-0.3, -0.25) is 9.79 Å². The van der Waals surface area contributed by atoms with Crippen molar-refractivity contribution in [2.75, 3.05) is 5.32 Å². The van der Waals surface area contributed by atoms with E-state index < -0.39 is 0 Å². The second-order valence-corrected chi connectivity index (χ2v) is 8.27. The lowest BCUT2D eigenvalue weighted by molar-refractivity contribution is -0.114. The van der Waals surface area contributed by atoms with Crippen LogP contribution < -0.4 is 5.32 Å². The van der Waals surface area contributed by atoms with Crippen molar-refractivity contribution in [2.24, 2.45) is 4.99 Å². The number of fused-ring (bicyclic) bond motifs is 1. The quantitative estimate of drug-likeness (QED) is 0.528. The van der Waals surface area contributed by atoms with Crippen LogP contribution >= 0.6 is 23.4 Å². The zero-order chi connectivity index (χ0) is 19.5. The number of carbonyl (C=O) groups excluding carboxylic acids is 1. The van der Waals surface area contributed by atoms with Crippen molar-refractivity contribution in [2.45, 2.75) is 23.5 Å². The molecule has 1 atom stereocenters. The summed E-state index contributed by atoms with van der Waals surface area (Å²) in [5.41, 5.74) is 4.82. The minimum Gasteiger partial charge on any atom is -0.326 e. The molecule has 0 fully saturated rings. The van der Waals surface area contributed by atoms with Gasteiger partial charge in [-0.05, 0) is 41.5 Å². The molecule has 0 aliphatic carbocycles. The smallest absolute Gasteiger partial charge is 0.221 e. The summed E-state index contributed by atoms with van der Waals surface area (Å²) in [5.74, 6) is -0.0881. The number of nitrogens with zero attached hydrogens (tertiary/aromatic N) is 1. The SMILES string of the molecule is CC(=O)Nc1cccc(C2=Nc3ccccc3S[C@H](c3ccccc3Cl)C2)c1. The topological polar surface area (TPSA) is 41.5 Å². The van der Waals surface area contributed by atoms with Crippen LogP contribution in [0.15, 0.2) is 82.7 Å². The first-order valence-electron chi connectivity index (χ1n) is 9.06. The fourth-order valence-electron chi connectivity index (χ4n) is 3.28. The molecule has 5 heteroatoms. The molecule has 0 aromatic heterocycles. The van der Waals surface area contributed by atoms with Crippen LogP contribution in [-0.4, -0.2) is 11.6 Å². The molecule has 1 N–H and O–H groups in total. The van der Waals surface area contributed by atoms with Crippen molar-refractivity contribution in [1.82, 2.24) is 0 Å². The van der Waals surface area contributed by atoms with E-state index in [4.69, 9.17) is 16.6 Å². The Morgan fingerprint density at radius 1 is 1.07 bits per heavy atom. The third kappa shape index (κ3) is 4.13. The highest BCUT2D eigenvalue weighted by Crippen LogP contribution is 2.47. The van der Waals surface area contributed by atoms with Gasteiger partial charge in [0.05, 0.1) is 5.69 Å². The Labute approximate surface area is 173 Å². The number of anilines is 1. The molecule has 140 valence electrons. The molecule has 3 aromatic carbocycles. The Morgan fingerprint density at radius 2 is 1.86 bits per heavy atom. The van der Waals surface area contributed by atoms with E-state index >= 15 is 0 Å². The van der Waals surface area contributed by atoms with E-state index in [1.165, 1.54) is 6.92 Å². The van der Waals surface area contributed by atoms with Gasteiger partial charge in [0.1, 0.15) is 0 Å². The molecule has 4 rings (SSSR count). The molecule has 0 saturated carbocycles. The number of hydrogen-bond acceptors (Lipinski definition) is 3. The number of amides is 1. The number of rotatable bonds is 3. The monoisotopic (exact) mass is 406 g/mol. The molecule has 28 heavy (non-hydrogen) atoms. The van der Waals surface area contributed by atoms with E-state index in [9.17, 15) is 4.79 Å². The second-order valence-electron chi connectivity index (χ2n) is 6.62. The summed E-state index contributed by atoms with van der Waals surface area (Å²) in [7, 11) is 0. The molecular formula is C23H19ClN2OS. The molecule has 1 amide bonds. The van der Waals surface area contributed by atoms with E-state index in [1.807, 2.05) is 60.7 Å². The summed E-state index contributed by atoms with van der Waals surface area (Å²) in [5, 5.41) is 3.77. The van der Waals surface area contributed by atoms with Gasteiger partial charge in [0.15, 0.2) is 0 Å². The maximum Gasteiger partial charge on any atom is 0.221 e. The Hall–Kier alpha value is -2.56. The minimum absolute atomic E-state index is 0.0881. The third-order valence-electron chi connectivity index (χ3n) is 4.54. The number of para-hydroxylation sites is 1. The molecule has 0 unspecified atom stereocenters. The standard InChI is InChI=1S/C23H19ClN2OS/c1-15(27)25-17-8-6-7-16(13-17)21-14-23(18-9-2-3-10-19(18)24)28-22-12-5-4-11-20(22)26-21/h2-13,23H,14H2,1H3,(H,25,27)/t23-/m0/s1. The lowest BCUT2D eigenvalue weighted by atomic mass is 10.0. The maximum absolute atomic E-state index is 11.4. The summed E-state index contributed by atoms with van der Waals surface area (Å²) >= 11 is 8.30. The van der Waals surface area contributed by atoms with E-state index in [2.05, 4.69) is 17.4 Å². The lowest BCUT2D eigenvalue weighted by Gasteiger charge is -2.17. The van der Waals surface area contributed by atoms with Gasteiger partial charge in [-0.15, -0.1) is 11.8 Å². The second kappa shape index (κ2) is 8.21. The number of nitrogens with one attached hydrogen (secondary N) is 1. The van der Waals surface area contributed by atoms with Crippen molar-refractivity contribution in [3.8, 4) is 0 Å². The molecule has 0 spiro atoms. The van der Waals surface area contributed by atoms with Gasteiger partial charge < -0.3 is 5.32 Å². The first kappa shape index (κ1) is 18.8. The van der Waals surface area contributed by atoms with E-state index in [0.29, 0.717) is 0 Å². The minimum atomic E-state index is -0.0881. The predicted molar refractivity (Wildman–Crippen MR) is 118 cm³/mol. The summed E-state index contributed by atoms with van der Waals surface area (Å²) in [6.45, 7) is 1.51. The molecule has 1 heterocycles. The predicted octanol–water partition coefficient (Wildman–Crippen LogP) is 6.66. The van der Waals surface area contributed by atoms with Gasteiger partial charge in [0.25, 0.3) is 0 Å². The van der Waals surface area contributed by atoms with E-state index in [1.54, 1.807) is 11.8 Å². The highest BCUT2D eigenvalue weighted by Gasteiger charge is 2.24. The number of halogens is 1. The van der Waals surface area contributed by atoms with Crippen LogP contribution in [0.5, 0.6) is 0 Å². The van der Waals surface area contributed by atoms with Gasteiger partial charge in [0, 0.05) is 39.9 Å². The maximum atomic E-state index is 11.4. The first-order chi connectivity index (χ1) is 13.6. The fourth-order valence-corrected chi connectivity index (χ4v) is 4.89. The van der Waals surface area contributed by atoms with Crippen LogP contribution in [0.1, 0.15) is 29.7 Å². The Balaban J connectivity index is 1.78. The number of thioether (sulfide) groups is 1. The molecule has 3 nitrogen and oxygen atoms in total. The van der Waals surface area contributed by atoms with E-state index in [0.717, 1.165) is 44.6 Å². The van der Waals surface area contributed by atoms with Crippen molar-refractivity contribution < 1.29 is 4.79 Å². The molecule has 0 saturated heterocycles. The lowest BCUT2D eigenvalue weighted by Crippen LogP contribution is -2.09. The average molecular weight is 407 g/mol. The Bertz CT molecular complexity index is 1060. The summed E-state index contributed by atoms with van der Waals surface area (Å²) in [6, 6.07) is 24.0. The van der Waals surface area contributed by atoms with Gasteiger partial charge in [0.2, 0.25) is 5.91 Å². The van der Waals surface area contributed by atoms with Crippen LogP contribution in [-0.2, 0) is 4.79 Å². The number of carbonyl (C=O) groups is 1. The van der Waals surface area contributed by atoms with Crippen LogP contribution in [0, 0.1) is 0 Å². The van der Waals surface area contributed by atoms with Crippen LogP contribution in [0.25, 0.3) is 0 Å². The molecule has 0 radical (unpaired) electrons. The molecule has 0 bridgehead atoms. The number of hydrogen-bond donors (Lipinski definition) is 1. The third-order valence-corrected chi connectivity index (χ3v) is 6.19. The Morgan fingerprint density at radius 3 is 2.68 bits per heavy atom. The van der Waals surface area contributed by atoms with Crippen molar-refractivity contribution in [3.05, 3.63) is 88.9 Å². The fraction of sp³-hybridized carbons (Fsp3) is 0.130. The highest BCUT2D eigenvalue weighted by molar-refractivity contribution is 7.99. The largest absolute Gasteiger partial charge is 0.326 e. The van der Waals surface area contributed by atoms with Gasteiger partial charge >= 0.3 is 0 Å². The van der Waals surface area contributed by atoms with Crippen molar-refractivity contribution in [1.29, 1.82) is 0 Å². The van der Waals surface area contributed by atoms with Crippen LogP contribution in [0.4, 0.5) is 11.4 Å². The zero-order valence-corrected chi connectivity index (χ0v) is 16.9. The molecule has 3 aromatic rings.